The van der Waals surface area contributed by atoms with Gasteiger partial charge in [0.1, 0.15) is 23.9 Å². The molecule has 35 heavy (non-hydrogen) atoms. The number of alkyl halides is 3. The van der Waals surface area contributed by atoms with Crippen LogP contribution in [0.2, 0.25) is 0 Å². The van der Waals surface area contributed by atoms with Crippen molar-refractivity contribution >= 4 is 17.7 Å². The Morgan fingerprint density at radius 3 is 2.46 bits per heavy atom. The van der Waals surface area contributed by atoms with E-state index in [1.54, 1.807) is 36.4 Å². The third kappa shape index (κ3) is 7.56. The molecule has 0 saturated carbocycles. The number of hydrogen-bond acceptors (Lipinski definition) is 5. The highest BCUT2D eigenvalue weighted by Crippen LogP contribution is 2.32. The minimum absolute atomic E-state index is 0.0189. The third-order valence-electron chi connectivity index (χ3n) is 4.63. The summed E-state index contributed by atoms with van der Waals surface area (Å²) in [6.07, 6.45) is -4.88. The molecule has 3 N–H and O–H groups in total. The quantitative estimate of drug-likeness (QED) is 0.381. The zero-order valence-electron chi connectivity index (χ0n) is 18.4. The van der Waals surface area contributed by atoms with E-state index in [0.29, 0.717) is 16.9 Å². The summed E-state index contributed by atoms with van der Waals surface area (Å²) in [5, 5.41) is 14.1. The highest BCUT2D eigenvalue weighted by atomic mass is 19.4. The number of halogens is 3. The van der Waals surface area contributed by atoms with Gasteiger partial charge in [0.05, 0.1) is 18.4 Å². The number of ether oxygens (including phenoxy) is 3. The summed E-state index contributed by atoms with van der Waals surface area (Å²) >= 11 is 0. The van der Waals surface area contributed by atoms with E-state index in [-0.39, 0.29) is 30.2 Å². The fraction of sp³-hybridized carbons (Fsp3) is 0.167. The number of hydrogen-bond donors (Lipinski definition) is 3. The van der Waals surface area contributed by atoms with Crippen LogP contribution in [0.5, 0.6) is 17.2 Å². The van der Waals surface area contributed by atoms with Crippen LogP contribution in [-0.2, 0) is 13.2 Å². The summed E-state index contributed by atoms with van der Waals surface area (Å²) in [5.41, 5.74) is 1.39. The number of urea groups is 1. The molecule has 0 unspecified atom stereocenters. The normalized spacial score (nSPS) is 10.9. The molecule has 0 atom stereocenters. The summed E-state index contributed by atoms with van der Waals surface area (Å²) in [5.74, 6) is -0.956. The summed E-state index contributed by atoms with van der Waals surface area (Å²) in [6.45, 7) is 0.145. The number of carbonyl (C=O) groups is 2. The number of carboxylic acids is 1. The van der Waals surface area contributed by atoms with Gasteiger partial charge < -0.3 is 30.0 Å². The van der Waals surface area contributed by atoms with Gasteiger partial charge in [-0.05, 0) is 35.9 Å². The van der Waals surface area contributed by atoms with Gasteiger partial charge in [0.2, 0.25) is 0 Å². The lowest BCUT2D eigenvalue weighted by atomic mass is 10.1. The third-order valence-corrected chi connectivity index (χ3v) is 4.63. The molecule has 2 amide bonds. The largest absolute Gasteiger partial charge is 0.573 e. The maximum atomic E-state index is 12.5. The van der Waals surface area contributed by atoms with E-state index in [0.717, 1.165) is 12.1 Å². The van der Waals surface area contributed by atoms with E-state index in [9.17, 15) is 22.8 Å². The molecule has 3 aromatic carbocycles. The van der Waals surface area contributed by atoms with Gasteiger partial charge in [0, 0.05) is 18.2 Å². The average molecular weight is 490 g/mol. The van der Waals surface area contributed by atoms with Gasteiger partial charge in [-0.1, -0.05) is 30.3 Å². The molecule has 8 nitrogen and oxygen atoms in total. The van der Waals surface area contributed by atoms with Crippen LogP contribution in [0.3, 0.4) is 0 Å². The first-order valence-corrected chi connectivity index (χ1v) is 10.2. The fourth-order valence-electron chi connectivity index (χ4n) is 3.07. The van der Waals surface area contributed by atoms with Crippen molar-refractivity contribution in [1.82, 2.24) is 5.32 Å². The molecule has 0 aromatic heterocycles. The van der Waals surface area contributed by atoms with E-state index >= 15 is 0 Å². The van der Waals surface area contributed by atoms with Crippen molar-refractivity contribution in [1.29, 1.82) is 0 Å². The van der Waals surface area contributed by atoms with Crippen molar-refractivity contribution < 1.29 is 42.1 Å². The van der Waals surface area contributed by atoms with E-state index in [1.165, 1.54) is 25.3 Å². The average Bonchev–Trinajstić information content (AvgIpc) is 2.81. The molecule has 184 valence electrons. The number of benzene rings is 3. The predicted molar refractivity (Wildman–Crippen MR) is 120 cm³/mol. The molecule has 0 heterocycles. The van der Waals surface area contributed by atoms with E-state index in [1.807, 2.05) is 0 Å². The van der Waals surface area contributed by atoms with E-state index in [2.05, 4.69) is 15.4 Å². The SMILES string of the molecule is COc1ccc(OC(F)(F)F)cc1NC(=O)NCc1ccccc1OCc1cccc(C(=O)O)c1. The number of amides is 2. The Labute approximate surface area is 198 Å². The molecular weight excluding hydrogens is 469 g/mol. The number of carboxylic acid groups (broad SMARTS) is 1. The van der Waals surface area contributed by atoms with Crippen LogP contribution in [0, 0.1) is 0 Å². The van der Waals surface area contributed by atoms with Gasteiger partial charge in [-0.2, -0.15) is 0 Å². The Morgan fingerprint density at radius 1 is 0.971 bits per heavy atom. The topological polar surface area (TPSA) is 106 Å². The van der Waals surface area contributed by atoms with Gasteiger partial charge in [0.25, 0.3) is 0 Å². The minimum Gasteiger partial charge on any atom is -0.495 e. The Bertz CT molecular complexity index is 1200. The molecule has 0 saturated heterocycles. The molecule has 0 spiro atoms. The number of carbonyl (C=O) groups excluding carboxylic acids is 1. The van der Waals surface area contributed by atoms with Gasteiger partial charge in [-0.15, -0.1) is 13.2 Å². The van der Waals surface area contributed by atoms with Crippen LogP contribution >= 0.6 is 0 Å². The highest BCUT2D eigenvalue weighted by molar-refractivity contribution is 5.91. The van der Waals surface area contributed by atoms with E-state index < -0.39 is 24.1 Å². The van der Waals surface area contributed by atoms with Crippen molar-refractivity contribution in [2.75, 3.05) is 12.4 Å². The molecule has 0 aliphatic carbocycles. The van der Waals surface area contributed by atoms with Crippen LogP contribution < -0.4 is 24.8 Å². The fourth-order valence-corrected chi connectivity index (χ4v) is 3.07. The maximum Gasteiger partial charge on any atom is 0.573 e. The van der Waals surface area contributed by atoms with E-state index in [4.69, 9.17) is 14.6 Å². The number of methoxy groups -OCH3 is 1. The standard InChI is InChI=1S/C24H21F3N2O6/c1-33-21-10-9-18(35-24(25,26)27)12-19(21)29-23(32)28-13-17-6-2-3-8-20(17)34-14-15-5-4-7-16(11-15)22(30)31/h2-12H,13-14H2,1H3,(H,30,31)(H2,28,29,32). The van der Waals surface area contributed by atoms with Crippen LogP contribution in [0.4, 0.5) is 23.7 Å². The summed E-state index contributed by atoms with van der Waals surface area (Å²) in [7, 11) is 1.31. The Hall–Kier alpha value is -4.41. The zero-order valence-corrected chi connectivity index (χ0v) is 18.4. The molecular formula is C24H21F3N2O6. The first kappa shape index (κ1) is 25.2. The molecule has 0 radical (unpaired) electrons. The summed E-state index contributed by atoms with van der Waals surface area (Å²) in [4.78, 5) is 23.5. The lowest BCUT2D eigenvalue weighted by Gasteiger charge is -2.15. The minimum atomic E-state index is -4.88. The van der Waals surface area contributed by atoms with Crippen LogP contribution in [-0.4, -0.2) is 30.6 Å². The number of anilines is 1. The van der Waals surface area contributed by atoms with Crippen molar-refractivity contribution in [2.45, 2.75) is 19.5 Å². The highest BCUT2D eigenvalue weighted by Gasteiger charge is 2.31. The molecule has 3 aromatic rings. The molecule has 0 aliphatic heterocycles. The molecule has 11 heteroatoms. The van der Waals surface area contributed by atoms with Crippen molar-refractivity contribution in [3.05, 3.63) is 83.4 Å². The molecule has 0 aliphatic rings. The second kappa shape index (κ2) is 11.1. The Morgan fingerprint density at radius 2 is 1.74 bits per heavy atom. The maximum absolute atomic E-state index is 12.5. The van der Waals surface area contributed by atoms with Crippen LogP contribution in [0.1, 0.15) is 21.5 Å². The number of nitrogens with one attached hydrogen (secondary N) is 2. The van der Waals surface area contributed by atoms with Crippen molar-refractivity contribution in [2.24, 2.45) is 0 Å². The van der Waals surface area contributed by atoms with Gasteiger partial charge in [-0.25, -0.2) is 9.59 Å². The van der Waals surface area contributed by atoms with Gasteiger partial charge in [-0.3, -0.25) is 0 Å². The Kier molecular flexibility index (Phi) is 8.03. The number of rotatable bonds is 9. The first-order chi connectivity index (χ1) is 16.6. The number of para-hydroxylation sites is 1. The summed E-state index contributed by atoms with van der Waals surface area (Å²) < 4.78 is 52.2. The molecule has 3 rings (SSSR count). The van der Waals surface area contributed by atoms with Crippen LogP contribution in [0.25, 0.3) is 0 Å². The van der Waals surface area contributed by atoms with Crippen molar-refractivity contribution in [3.63, 3.8) is 0 Å². The summed E-state index contributed by atoms with van der Waals surface area (Å²) in [6, 6.07) is 15.8. The van der Waals surface area contributed by atoms with Crippen LogP contribution in [0.15, 0.2) is 66.7 Å². The molecule has 0 bridgehead atoms. The lowest BCUT2D eigenvalue weighted by Crippen LogP contribution is -2.28. The second-order valence-corrected chi connectivity index (χ2v) is 7.12. The first-order valence-electron chi connectivity index (χ1n) is 10.2. The Balaban J connectivity index is 1.63. The molecule has 0 fully saturated rings. The predicted octanol–water partition coefficient (Wildman–Crippen LogP) is 5.19. The smallest absolute Gasteiger partial charge is 0.495 e. The number of aromatic carboxylic acids is 1. The monoisotopic (exact) mass is 490 g/mol. The van der Waals surface area contributed by atoms with Gasteiger partial charge >= 0.3 is 18.4 Å². The second-order valence-electron chi connectivity index (χ2n) is 7.12. The lowest BCUT2D eigenvalue weighted by molar-refractivity contribution is -0.274. The van der Waals surface area contributed by atoms with Gasteiger partial charge in [0.15, 0.2) is 0 Å². The zero-order chi connectivity index (χ0) is 25.4. The van der Waals surface area contributed by atoms with Crippen molar-refractivity contribution in [3.8, 4) is 17.2 Å².